The molecule has 3 aromatic carbocycles. The van der Waals surface area contributed by atoms with Crippen LogP contribution in [0, 0.1) is 6.07 Å². The summed E-state index contributed by atoms with van der Waals surface area (Å²) in [6.45, 7) is 0. The second-order valence-corrected chi connectivity index (χ2v) is 5.24. The molecule has 4 heteroatoms. The normalized spacial score (nSPS) is 10.8. The third kappa shape index (κ3) is 2.24. The summed E-state index contributed by atoms with van der Waals surface area (Å²) < 4.78 is 2.24. The van der Waals surface area contributed by atoms with Crippen molar-refractivity contribution in [2.45, 2.75) is 0 Å². The molecule has 0 N–H and O–H groups in total. The zero-order valence-electron chi connectivity index (χ0n) is 12.3. The monoisotopic (exact) mass is 370 g/mol. The Morgan fingerprint density at radius 1 is 0.783 bits per heavy atom. The minimum Gasteiger partial charge on any atom is -1.00 e. The Bertz CT molecular complexity index is 1150. The molecular weight excluding hydrogens is 360 g/mol. The van der Waals surface area contributed by atoms with Gasteiger partial charge in [0.05, 0.1) is 16.7 Å². The van der Waals surface area contributed by atoms with E-state index in [0.29, 0.717) is 0 Å². The Balaban J connectivity index is 0.000000781. The van der Waals surface area contributed by atoms with Gasteiger partial charge in [-0.2, -0.15) is 0 Å². The Morgan fingerprint density at radius 3 is 2.35 bits per heavy atom. The summed E-state index contributed by atoms with van der Waals surface area (Å²) in [6.07, 6.45) is 0. The third-order valence-electron chi connectivity index (χ3n) is 4.08. The van der Waals surface area contributed by atoms with E-state index in [-0.39, 0.29) is 40.0 Å². The topological polar surface area (TPSA) is 17.3 Å². The molecule has 0 atom stereocenters. The minimum atomic E-state index is 0. The van der Waals surface area contributed by atoms with E-state index in [4.69, 9.17) is 4.98 Å². The minimum absolute atomic E-state index is 0. The first-order valence-electron chi connectivity index (χ1n) is 7.02. The number of imidazole rings is 1. The Labute approximate surface area is 160 Å². The van der Waals surface area contributed by atoms with Crippen LogP contribution in [0.4, 0.5) is 0 Å². The van der Waals surface area contributed by atoms with Gasteiger partial charge in [0.15, 0.2) is 0 Å². The van der Waals surface area contributed by atoms with E-state index < -0.39 is 0 Å². The van der Waals surface area contributed by atoms with Gasteiger partial charge in [0.2, 0.25) is 0 Å². The molecule has 2 aromatic heterocycles. The molecule has 0 saturated heterocycles. The van der Waals surface area contributed by atoms with Crippen LogP contribution in [0.1, 0.15) is 0 Å². The molecule has 0 aliphatic heterocycles. The molecule has 0 radical (unpaired) electrons. The summed E-state index contributed by atoms with van der Waals surface area (Å²) in [4.78, 5) is 4.83. The van der Waals surface area contributed by atoms with E-state index in [0.717, 1.165) is 22.1 Å². The van der Waals surface area contributed by atoms with Crippen LogP contribution in [0.25, 0.3) is 38.4 Å². The van der Waals surface area contributed by atoms with Crippen LogP contribution < -0.4 is 17.0 Å². The number of aromatic nitrogens is 2. The molecule has 5 rings (SSSR count). The van der Waals surface area contributed by atoms with Crippen molar-refractivity contribution in [2.24, 2.45) is 0 Å². The molecule has 0 aliphatic carbocycles. The molecule has 2 heterocycles. The second-order valence-electron chi connectivity index (χ2n) is 5.24. The zero-order chi connectivity index (χ0) is 13.8. The molecule has 0 fully saturated rings. The van der Waals surface area contributed by atoms with Gasteiger partial charge in [-0.15, -0.1) is 29.7 Å². The van der Waals surface area contributed by atoms with Crippen molar-refractivity contribution in [3.63, 3.8) is 0 Å². The maximum atomic E-state index is 4.83. The fourth-order valence-corrected chi connectivity index (χ4v) is 3.18. The molecule has 0 amide bonds. The second kappa shape index (κ2) is 6.11. The van der Waals surface area contributed by atoms with Crippen LogP contribution in [0.2, 0.25) is 0 Å². The van der Waals surface area contributed by atoms with Crippen molar-refractivity contribution in [3.05, 3.63) is 72.8 Å². The fraction of sp³-hybridized carbons (Fsp3) is 0. The average molecular weight is 372 g/mol. The van der Waals surface area contributed by atoms with Gasteiger partial charge >= 0.3 is 23.1 Å². The third-order valence-corrected chi connectivity index (χ3v) is 4.08. The van der Waals surface area contributed by atoms with Crippen molar-refractivity contribution in [2.75, 3.05) is 0 Å². The molecule has 0 aliphatic rings. The number of fused-ring (bicyclic) bond motifs is 8. The summed E-state index contributed by atoms with van der Waals surface area (Å²) >= 11 is 0. The van der Waals surface area contributed by atoms with Gasteiger partial charge in [-0.25, -0.2) is 0 Å². The number of hydrogen-bond donors (Lipinski definition) is 0. The quantitative estimate of drug-likeness (QED) is 0.227. The smallest absolute Gasteiger partial charge is 1.00 e. The van der Waals surface area contributed by atoms with Gasteiger partial charge in [-0.3, -0.25) is 4.98 Å². The molecule has 5 aromatic rings. The van der Waals surface area contributed by atoms with E-state index in [2.05, 4.69) is 59.0 Å². The van der Waals surface area contributed by atoms with Gasteiger partial charge in [0.25, 0.3) is 0 Å². The van der Waals surface area contributed by atoms with Crippen molar-refractivity contribution >= 4 is 61.4 Å². The predicted octanol–water partition coefficient (Wildman–Crippen LogP) is 1.22. The molecule has 23 heavy (non-hydrogen) atoms. The molecule has 0 spiro atoms. The summed E-state index contributed by atoms with van der Waals surface area (Å²) in [7, 11) is 0. The first-order chi connectivity index (χ1) is 10.4. The fourth-order valence-electron chi connectivity index (χ4n) is 3.18. The first kappa shape index (κ1) is 16.2. The van der Waals surface area contributed by atoms with Crippen molar-refractivity contribution < 1.29 is 17.0 Å². The summed E-state index contributed by atoms with van der Waals surface area (Å²) in [6, 6.07) is 26.3. The average Bonchev–Trinajstić information content (AvgIpc) is 2.95. The van der Waals surface area contributed by atoms with E-state index in [1.54, 1.807) is 0 Å². The van der Waals surface area contributed by atoms with Gasteiger partial charge < -0.3 is 21.4 Å². The van der Waals surface area contributed by atoms with Crippen LogP contribution in [-0.4, -0.2) is 32.4 Å². The molecule has 106 valence electrons. The van der Waals surface area contributed by atoms with Crippen molar-refractivity contribution in [3.8, 4) is 0 Å². The van der Waals surface area contributed by atoms with Crippen LogP contribution in [0.5, 0.6) is 0 Å². The molecule has 0 bridgehead atoms. The van der Waals surface area contributed by atoms with Crippen LogP contribution in [0.3, 0.4) is 0 Å². The molecule has 2 nitrogen and oxygen atoms in total. The summed E-state index contributed by atoms with van der Waals surface area (Å²) in [5.74, 6) is 0. The van der Waals surface area contributed by atoms with E-state index in [1.807, 2.05) is 18.2 Å². The van der Waals surface area contributed by atoms with Gasteiger partial charge in [-0.1, -0.05) is 35.7 Å². The standard InChI is InChI=1S/C19H11N2.BrH.Mg/c1-2-9-15-13(7-1)14-8-3-5-11-17(14)21-18-12-6-4-10-16(18)20-19(15)21;;/h1-8,10-12H;1H;/q-1;;+2/p-1. The number of para-hydroxylation sites is 3. The van der Waals surface area contributed by atoms with E-state index in [1.165, 1.54) is 16.3 Å². The zero-order valence-corrected chi connectivity index (χ0v) is 15.3. The Morgan fingerprint density at radius 2 is 1.48 bits per heavy atom. The summed E-state index contributed by atoms with van der Waals surface area (Å²) in [5.41, 5.74) is 4.33. The van der Waals surface area contributed by atoms with Crippen LogP contribution >= 0.6 is 0 Å². The number of benzene rings is 3. The van der Waals surface area contributed by atoms with Gasteiger partial charge in [0.1, 0.15) is 0 Å². The SMILES string of the molecule is [Br-].[Mg+2].[c-]1cccc2c1c1nc3ccccc3n1c1ccccc21. The predicted molar refractivity (Wildman–Crippen MR) is 92.3 cm³/mol. The maximum Gasteiger partial charge on any atom is 2.00 e. The first-order valence-corrected chi connectivity index (χ1v) is 7.02. The van der Waals surface area contributed by atoms with Gasteiger partial charge in [-0.05, 0) is 23.6 Å². The number of pyridine rings is 1. The van der Waals surface area contributed by atoms with Crippen molar-refractivity contribution in [1.29, 1.82) is 0 Å². The van der Waals surface area contributed by atoms with E-state index in [9.17, 15) is 0 Å². The van der Waals surface area contributed by atoms with Crippen LogP contribution in [-0.2, 0) is 0 Å². The molecule has 0 saturated carbocycles. The number of nitrogens with zero attached hydrogens (tertiary/aromatic N) is 2. The summed E-state index contributed by atoms with van der Waals surface area (Å²) in [5, 5.41) is 3.52. The van der Waals surface area contributed by atoms with E-state index >= 15 is 0 Å². The Hall–Kier alpha value is -1.62. The van der Waals surface area contributed by atoms with Crippen molar-refractivity contribution in [1.82, 2.24) is 9.38 Å². The van der Waals surface area contributed by atoms with Gasteiger partial charge in [0, 0.05) is 5.52 Å². The maximum absolute atomic E-state index is 4.83. The largest absolute Gasteiger partial charge is 2.00 e. The number of hydrogen-bond acceptors (Lipinski definition) is 1. The Kier molecular flexibility index (Phi) is 4.32. The number of rotatable bonds is 0. The van der Waals surface area contributed by atoms with Crippen LogP contribution in [0.15, 0.2) is 66.7 Å². The molecule has 0 unspecified atom stereocenters. The number of halogens is 1. The molecular formula is C19H11BrMgN2.